The second-order valence-electron chi connectivity index (χ2n) is 6.27. The van der Waals surface area contributed by atoms with E-state index >= 15 is 0 Å². The van der Waals surface area contributed by atoms with Crippen molar-refractivity contribution in [3.8, 4) is 0 Å². The molecule has 1 rings (SSSR count). The molecule has 0 aromatic heterocycles. The predicted molar refractivity (Wildman–Crippen MR) is 88.7 cm³/mol. The van der Waals surface area contributed by atoms with Gasteiger partial charge >= 0.3 is 0 Å². The van der Waals surface area contributed by atoms with E-state index in [0.717, 1.165) is 12.1 Å². The maximum Gasteiger partial charge on any atom is 0.226 e. The minimum absolute atomic E-state index is 0. The van der Waals surface area contributed by atoms with Crippen LogP contribution in [0.1, 0.15) is 46.1 Å². The van der Waals surface area contributed by atoms with Crippen molar-refractivity contribution in [1.29, 1.82) is 0 Å². The third-order valence-electron chi connectivity index (χ3n) is 3.31. The molecule has 1 atom stereocenters. The Morgan fingerprint density at radius 3 is 2.15 bits per heavy atom. The van der Waals surface area contributed by atoms with E-state index in [4.69, 9.17) is 5.73 Å². The molecule has 0 heterocycles. The summed E-state index contributed by atoms with van der Waals surface area (Å²) in [5.74, 6) is 0.112. The van der Waals surface area contributed by atoms with Crippen molar-refractivity contribution in [3.05, 3.63) is 29.8 Å². The Bertz CT molecular complexity index is 421. The average Bonchev–Trinajstić information content (AvgIpc) is 2.34. The largest absolute Gasteiger partial charge is 0.328 e. The molecule has 0 aliphatic heterocycles. The number of halogens is 1. The number of carbonyl (C=O) groups excluding carboxylic acids is 1. The van der Waals surface area contributed by atoms with Gasteiger partial charge in [0.1, 0.15) is 0 Å². The molecule has 0 saturated carbocycles. The zero-order valence-electron chi connectivity index (χ0n) is 13.1. The zero-order chi connectivity index (χ0) is 14.6. The second-order valence-corrected chi connectivity index (χ2v) is 6.27. The van der Waals surface area contributed by atoms with Gasteiger partial charge in [-0.05, 0) is 36.5 Å². The van der Waals surface area contributed by atoms with Gasteiger partial charge in [0.15, 0.2) is 0 Å². The molecular formula is C16H27ClN2O. The van der Waals surface area contributed by atoms with Crippen LogP contribution in [0.3, 0.4) is 0 Å². The predicted octanol–water partition coefficient (Wildman–Crippen LogP) is 3.50. The van der Waals surface area contributed by atoms with E-state index in [-0.39, 0.29) is 29.8 Å². The lowest BCUT2D eigenvalue weighted by atomic mass is 9.87. The van der Waals surface area contributed by atoms with Gasteiger partial charge in [-0.1, -0.05) is 32.9 Å². The summed E-state index contributed by atoms with van der Waals surface area (Å²) in [5, 5.41) is 0. The lowest BCUT2D eigenvalue weighted by Crippen LogP contribution is -2.28. The maximum atomic E-state index is 12.0. The highest BCUT2D eigenvalue weighted by Crippen LogP contribution is 2.24. The van der Waals surface area contributed by atoms with Gasteiger partial charge in [0, 0.05) is 25.2 Å². The Morgan fingerprint density at radius 2 is 1.75 bits per heavy atom. The molecule has 0 aliphatic carbocycles. The third kappa shape index (κ3) is 5.51. The summed E-state index contributed by atoms with van der Waals surface area (Å²) >= 11 is 0. The molecule has 114 valence electrons. The molecule has 0 saturated heterocycles. The number of nitrogens with two attached hydrogens (primary N) is 1. The van der Waals surface area contributed by atoms with Crippen LogP contribution in [-0.2, 0) is 10.2 Å². The Hall–Kier alpha value is -1.06. The topological polar surface area (TPSA) is 46.3 Å². The molecule has 3 nitrogen and oxygen atoms in total. The van der Waals surface area contributed by atoms with Crippen LogP contribution in [0.15, 0.2) is 24.3 Å². The summed E-state index contributed by atoms with van der Waals surface area (Å²) in [6.07, 6.45) is 1.22. The van der Waals surface area contributed by atoms with Crippen molar-refractivity contribution in [2.75, 3.05) is 11.9 Å². The molecule has 4 heteroatoms. The first-order valence-corrected chi connectivity index (χ1v) is 6.84. The lowest BCUT2D eigenvalue weighted by Gasteiger charge is -2.22. The van der Waals surface area contributed by atoms with E-state index in [1.54, 1.807) is 4.90 Å². The van der Waals surface area contributed by atoms with E-state index in [0.29, 0.717) is 6.42 Å². The zero-order valence-corrected chi connectivity index (χ0v) is 14.0. The Morgan fingerprint density at radius 1 is 1.25 bits per heavy atom. The van der Waals surface area contributed by atoms with E-state index in [1.165, 1.54) is 5.56 Å². The fourth-order valence-corrected chi connectivity index (χ4v) is 1.85. The minimum Gasteiger partial charge on any atom is -0.328 e. The highest BCUT2D eigenvalue weighted by Gasteiger charge is 2.15. The highest BCUT2D eigenvalue weighted by atomic mass is 35.5. The fourth-order valence-electron chi connectivity index (χ4n) is 1.85. The first-order valence-electron chi connectivity index (χ1n) is 6.84. The number of amides is 1. The van der Waals surface area contributed by atoms with Crippen molar-refractivity contribution in [2.45, 2.75) is 52.0 Å². The van der Waals surface area contributed by atoms with Crippen molar-refractivity contribution in [1.82, 2.24) is 0 Å². The summed E-state index contributed by atoms with van der Waals surface area (Å²) in [6.45, 7) is 8.46. The summed E-state index contributed by atoms with van der Waals surface area (Å²) in [5.41, 5.74) is 8.02. The molecule has 1 amide bonds. The molecule has 0 fully saturated rings. The van der Waals surface area contributed by atoms with Crippen molar-refractivity contribution < 1.29 is 4.79 Å². The van der Waals surface area contributed by atoms with Crippen LogP contribution in [0.2, 0.25) is 0 Å². The van der Waals surface area contributed by atoms with Gasteiger partial charge < -0.3 is 10.6 Å². The smallest absolute Gasteiger partial charge is 0.226 e. The van der Waals surface area contributed by atoms with E-state index < -0.39 is 0 Å². The normalized spacial score (nSPS) is 12.5. The Labute approximate surface area is 128 Å². The van der Waals surface area contributed by atoms with Gasteiger partial charge in [-0.2, -0.15) is 0 Å². The summed E-state index contributed by atoms with van der Waals surface area (Å²) in [7, 11) is 1.82. The van der Waals surface area contributed by atoms with Gasteiger partial charge in [0.2, 0.25) is 5.91 Å². The SMILES string of the molecule is CC(N)CCC(=O)N(C)c1ccc(C(C)(C)C)cc1.Cl. The van der Waals surface area contributed by atoms with Crippen LogP contribution in [0.25, 0.3) is 0 Å². The van der Waals surface area contributed by atoms with Gasteiger partial charge in [0.05, 0.1) is 0 Å². The van der Waals surface area contributed by atoms with E-state index in [1.807, 2.05) is 26.1 Å². The number of nitrogens with zero attached hydrogens (tertiary/aromatic N) is 1. The Balaban J connectivity index is 0.00000361. The summed E-state index contributed by atoms with van der Waals surface area (Å²) in [6, 6.07) is 8.25. The molecule has 2 N–H and O–H groups in total. The van der Waals surface area contributed by atoms with Crippen LogP contribution >= 0.6 is 12.4 Å². The van der Waals surface area contributed by atoms with Gasteiger partial charge in [-0.25, -0.2) is 0 Å². The maximum absolute atomic E-state index is 12.0. The number of benzene rings is 1. The number of hydrogen-bond acceptors (Lipinski definition) is 2. The van der Waals surface area contributed by atoms with Gasteiger partial charge in [-0.3, -0.25) is 4.79 Å². The molecule has 1 aromatic rings. The van der Waals surface area contributed by atoms with Gasteiger partial charge in [0.25, 0.3) is 0 Å². The third-order valence-corrected chi connectivity index (χ3v) is 3.31. The van der Waals surface area contributed by atoms with Crippen LogP contribution in [-0.4, -0.2) is 19.0 Å². The molecule has 20 heavy (non-hydrogen) atoms. The highest BCUT2D eigenvalue weighted by molar-refractivity contribution is 5.92. The summed E-state index contributed by atoms with van der Waals surface area (Å²) in [4.78, 5) is 13.7. The van der Waals surface area contributed by atoms with Crippen molar-refractivity contribution >= 4 is 24.0 Å². The number of anilines is 1. The molecule has 0 bridgehead atoms. The van der Waals surface area contributed by atoms with Crippen LogP contribution in [0, 0.1) is 0 Å². The van der Waals surface area contributed by atoms with Crippen LogP contribution in [0.4, 0.5) is 5.69 Å². The van der Waals surface area contributed by atoms with Crippen molar-refractivity contribution in [3.63, 3.8) is 0 Å². The molecule has 0 aliphatic rings. The number of rotatable bonds is 4. The van der Waals surface area contributed by atoms with Gasteiger partial charge in [-0.15, -0.1) is 12.4 Å². The first kappa shape index (κ1) is 18.9. The van der Waals surface area contributed by atoms with Crippen LogP contribution in [0.5, 0.6) is 0 Å². The molecule has 1 aromatic carbocycles. The Kier molecular flexibility index (Phi) is 7.25. The molecule has 1 unspecified atom stereocenters. The van der Waals surface area contributed by atoms with Crippen molar-refractivity contribution in [2.24, 2.45) is 5.73 Å². The number of carbonyl (C=O) groups is 1. The molecule has 0 radical (unpaired) electrons. The standard InChI is InChI=1S/C16H26N2O.ClH/c1-12(17)6-11-15(19)18(5)14-9-7-13(8-10-14)16(2,3)4;/h7-10,12H,6,11,17H2,1-5H3;1H. The average molecular weight is 299 g/mol. The fraction of sp³-hybridized carbons (Fsp3) is 0.562. The molecular weight excluding hydrogens is 272 g/mol. The quantitative estimate of drug-likeness (QED) is 0.925. The van der Waals surface area contributed by atoms with E-state index in [2.05, 4.69) is 32.9 Å². The second kappa shape index (κ2) is 7.65. The first-order chi connectivity index (χ1) is 8.71. The van der Waals surface area contributed by atoms with Crippen LogP contribution < -0.4 is 10.6 Å². The molecule has 0 spiro atoms. The monoisotopic (exact) mass is 298 g/mol. The minimum atomic E-state index is 0. The summed E-state index contributed by atoms with van der Waals surface area (Å²) < 4.78 is 0. The lowest BCUT2D eigenvalue weighted by molar-refractivity contribution is -0.118. The van der Waals surface area contributed by atoms with E-state index in [9.17, 15) is 4.79 Å². The number of hydrogen-bond donors (Lipinski definition) is 1.